The van der Waals surface area contributed by atoms with Crippen LogP contribution < -0.4 is 10.2 Å². The van der Waals surface area contributed by atoms with E-state index in [-0.39, 0.29) is 22.6 Å². The molecule has 1 aliphatic heterocycles. The number of urea groups is 1. The number of nitrogens with zero attached hydrogens (tertiary/aromatic N) is 1. The molecule has 0 aliphatic carbocycles. The van der Waals surface area contributed by atoms with Gasteiger partial charge >= 0.3 is 12.0 Å². The molecule has 2 aromatic rings. The minimum absolute atomic E-state index is 0.00377. The van der Waals surface area contributed by atoms with E-state index in [1.54, 1.807) is 0 Å². The predicted octanol–water partition coefficient (Wildman–Crippen LogP) is 2.61. The molecule has 2 N–H and O–H groups in total. The van der Waals surface area contributed by atoms with E-state index in [9.17, 15) is 24.3 Å². The summed E-state index contributed by atoms with van der Waals surface area (Å²) in [5.41, 5.74) is 0.644. The summed E-state index contributed by atoms with van der Waals surface area (Å²) in [7, 11) is 1.24. The number of benzene rings is 2. The molecule has 0 saturated carbocycles. The summed E-state index contributed by atoms with van der Waals surface area (Å²) in [6.45, 7) is 0. The Labute approximate surface area is 167 Å². The van der Waals surface area contributed by atoms with Gasteiger partial charge in [0.05, 0.1) is 22.8 Å². The Morgan fingerprint density at radius 1 is 1.14 bits per heavy atom. The van der Waals surface area contributed by atoms with Crippen molar-refractivity contribution < 1.29 is 29.0 Å². The van der Waals surface area contributed by atoms with Crippen molar-refractivity contribution in [2.45, 2.75) is 0 Å². The van der Waals surface area contributed by atoms with Crippen molar-refractivity contribution in [1.29, 1.82) is 0 Å². The SMILES string of the molecule is COC(=O)c1ccc(N2C(=O)NC(=O)C(=Cc3ccc(O)c(Br)c3)C2=O)cc1. The molecule has 142 valence electrons. The molecule has 8 nitrogen and oxygen atoms in total. The Hall–Kier alpha value is -3.46. The summed E-state index contributed by atoms with van der Waals surface area (Å²) < 4.78 is 4.99. The van der Waals surface area contributed by atoms with Gasteiger partial charge in [-0.15, -0.1) is 0 Å². The fourth-order valence-electron chi connectivity index (χ4n) is 2.54. The summed E-state index contributed by atoms with van der Waals surface area (Å²) in [5.74, 6) is -2.20. The average Bonchev–Trinajstić information content (AvgIpc) is 2.67. The number of ether oxygens (including phenoxy) is 1. The third-order valence-corrected chi connectivity index (χ3v) is 4.57. The number of anilines is 1. The van der Waals surface area contributed by atoms with Crippen LogP contribution in [0.25, 0.3) is 6.08 Å². The third-order valence-electron chi connectivity index (χ3n) is 3.93. The lowest BCUT2D eigenvalue weighted by Crippen LogP contribution is -2.54. The van der Waals surface area contributed by atoms with Gasteiger partial charge < -0.3 is 9.84 Å². The van der Waals surface area contributed by atoms with E-state index in [1.165, 1.54) is 55.7 Å². The van der Waals surface area contributed by atoms with Gasteiger partial charge in [0.1, 0.15) is 11.3 Å². The minimum atomic E-state index is -0.898. The first-order valence-corrected chi connectivity index (χ1v) is 8.69. The van der Waals surface area contributed by atoms with Crippen molar-refractivity contribution in [2.75, 3.05) is 12.0 Å². The molecule has 3 rings (SSSR count). The molecule has 0 bridgehead atoms. The van der Waals surface area contributed by atoms with E-state index >= 15 is 0 Å². The van der Waals surface area contributed by atoms with Crippen LogP contribution in [0.1, 0.15) is 15.9 Å². The number of esters is 1. The maximum atomic E-state index is 12.8. The molecule has 0 radical (unpaired) electrons. The zero-order valence-corrected chi connectivity index (χ0v) is 16.0. The van der Waals surface area contributed by atoms with Crippen molar-refractivity contribution in [3.05, 3.63) is 63.6 Å². The second-order valence-corrected chi connectivity index (χ2v) is 6.56. The van der Waals surface area contributed by atoms with Crippen molar-refractivity contribution >= 4 is 51.5 Å². The number of phenols is 1. The van der Waals surface area contributed by atoms with Crippen LogP contribution in [0.3, 0.4) is 0 Å². The molecule has 0 atom stereocenters. The summed E-state index contributed by atoms with van der Waals surface area (Å²) in [6, 6.07) is 9.13. The molecular weight excluding hydrogens is 432 g/mol. The number of imide groups is 2. The van der Waals surface area contributed by atoms with Gasteiger partial charge in [-0.3, -0.25) is 14.9 Å². The standard InChI is InChI=1S/C19H13BrN2O6/c1-28-18(26)11-3-5-12(6-4-11)22-17(25)13(16(24)21-19(22)27)8-10-2-7-15(23)14(20)9-10/h2-9,23H,1H3,(H,21,24,27). The van der Waals surface area contributed by atoms with Gasteiger partial charge in [-0.05, 0) is 64.0 Å². The number of amides is 4. The fourth-order valence-corrected chi connectivity index (χ4v) is 2.93. The Morgan fingerprint density at radius 2 is 1.82 bits per heavy atom. The number of methoxy groups -OCH3 is 1. The van der Waals surface area contributed by atoms with Gasteiger partial charge in [-0.1, -0.05) is 6.07 Å². The highest BCUT2D eigenvalue weighted by Gasteiger charge is 2.36. The maximum absolute atomic E-state index is 12.8. The van der Waals surface area contributed by atoms with E-state index in [0.29, 0.717) is 10.0 Å². The predicted molar refractivity (Wildman–Crippen MR) is 103 cm³/mol. The molecule has 1 aliphatic rings. The molecule has 1 fully saturated rings. The highest BCUT2D eigenvalue weighted by atomic mass is 79.9. The van der Waals surface area contributed by atoms with E-state index < -0.39 is 23.8 Å². The van der Waals surface area contributed by atoms with Crippen LogP contribution in [-0.2, 0) is 14.3 Å². The average molecular weight is 445 g/mol. The lowest BCUT2D eigenvalue weighted by molar-refractivity contribution is -0.122. The zero-order valence-electron chi connectivity index (χ0n) is 14.4. The lowest BCUT2D eigenvalue weighted by atomic mass is 10.1. The monoisotopic (exact) mass is 444 g/mol. The number of barbiturate groups is 1. The Balaban J connectivity index is 1.97. The van der Waals surface area contributed by atoms with Gasteiger partial charge in [0.25, 0.3) is 11.8 Å². The molecule has 1 heterocycles. The number of aromatic hydroxyl groups is 1. The largest absolute Gasteiger partial charge is 0.507 e. The van der Waals surface area contributed by atoms with Crippen molar-refractivity contribution in [3.8, 4) is 5.75 Å². The fraction of sp³-hybridized carbons (Fsp3) is 0.0526. The molecule has 1 saturated heterocycles. The molecule has 0 spiro atoms. The second kappa shape index (κ2) is 7.65. The molecule has 0 unspecified atom stereocenters. The lowest BCUT2D eigenvalue weighted by Gasteiger charge is -2.26. The van der Waals surface area contributed by atoms with Crippen LogP contribution in [0.4, 0.5) is 10.5 Å². The number of phenolic OH excluding ortho intramolecular Hbond substituents is 1. The summed E-state index contributed by atoms with van der Waals surface area (Å²) in [4.78, 5) is 49.5. The third kappa shape index (κ3) is 3.65. The van der Waals surface area contributed by atoms with Crippen LogP contribution in [0.5, 0.6) is 5.75 Å². The smallest absolute Gasteiger partial charge is 0.337 e. The van der Waals surface area contributed by atoms with Gasteiger partial charge in [-0.25, -0.2) is 14.5 Å². The van der Waals surface area contributed by atoms with Gasteiger partial charge in [0.2, 0.25) is 0 Å². The van der Waals surface area contributed by atoms with Crippen LogP contribution >= 0.6 is 15.9 Å². The van der Waals surface area contributed by atoms with E-state index in [0.717, 1.165) is 4.90 Å². The van der Waals surface area contributed by atoms with Gasteiger partial charge in [-0.2, -0.15) is 0 Å². The molecular formula is C19H13BrN2O6. The van der Waals surface area contributed by atoms with E-state index in [1.807, 2.05) is 0 Å². The van der Waals surface area contributed by atoms with Crippen LogP contribution in [0.2, 0.25) is 0 Å². The van der Waals surface area contributed by atoms with Crippen LogP contribution in [-0.4, -0.2) is 36.0 Å². The van der Waals surface area contributed by atoms with E-state index in [4.69, 9.17) is 0 Å². The first-order chi connectivity index (χ1) is 13.3. The molecule has 9 heteroatoms. The van der Waals surface area contributed by atoms with Crippen molar-refractivity contribution in [2.24, 2.45) is 0 Å². The summed E-state index contributed by atoms with van der Waals surface area (Å²) in [6.07, 6.45) is 1.31. The number of carbonyl (C=O) groups is 4. The molecule has 0 aromatic heterocycles. The number of hydrogen-bond acceptors (Lipinski definition) is 6. The highest BCUT2D eigenvalue weighted by Crippen LogP contribution is 2.27. The normalized spacial score (nSPS) is 15.6. The summed E-state index contributed by atoms with van der Waals surface area (Å²) in [5, 5.41) is 11.7. The molecule has 2 aromatic carbocycles. The minimum Gasteiger partial charge on any atom is -0.507 e. The van der Waals surface area contributed by atoms with Gasteiger partial charge in [0.15, 0.2) is 0 Å². The zero-order chi connectivity index (χ0) is 20.4. The topological polar surface area (TPSA) is 113 Å². The number of nitrogens with one attached hydrogen (secondary N) is 1. The van der Waals surface area contributed by atoms with Crippen molar-refractivity contribution in [1.82, 2.24) is 5.32 Å². The Bertz CT molecular complexity index is 1030. The van der Waals surface area contributed by atoms with Crippen LogP contribution in [0, 0.1) is 0 Å². The Kier molecular flexibility index (Phi) is 5.27. The molecule has 28 heavy (non-hydrogen) atoms. The first-order valence-electron chi connectivity index (χ1n) is 7.90. The number of halogens is 1. The first kappa shape index (κ1) is 19.3. The van der Waals surface area contributed by atoms with Crippen molar-refractivity contribution in [3.63, 3.8) is 0 Å². The second-order valence-electron chi connectivity index (χ2n) is 5.71. The molecule has 4 amide bonds. The Morgan fingerprint density at radius 3 is 2.43 bits per heavy atom. The quantitative estimate of drug-likeness (QED) is 0.427. The number of carbonyl (C=O) groups excluding carboxylic acids is 4. The number of hydrogen-bond donors (Lipinski definition) is 2. The maximum Gasteiger partial charge on any atom is 0.337 e. The van der Waals surface area contributed by atoms with E-state index in [2.05, 4.69) is 26.0 Å². The highest BCUT2D eigenvalue weighted by molar-refractivity contribution is 9.10. The number of rotatable bonds is 3. The van der Waals surface area contributed by atoms with Gasteiger partial charge in [0, 0.05) is 0 Å². The van der Waals surface area contributed by atoms with Crippen LogP contribution in [0.15, 0.2) is 52.5 Å². The summed E-state index contributed by atoms with van der Waals surface area (Å²) >= 11 is 3.16.